The first kappa shape index (κ1) is 17.9. The second-order valence-corrected chi connectivity index (χ2v) is 6.78. The summed E-state index contributed by atoms with van der Waals surface area (Å²) in [5.74, 6) is 1.88. The van der Waals surface area contributed by atoms with Gasteiger partial charge < -0.3 is 14.2 Å². The van der Waals surface area contributed by atoms with Crippen molar-refractivity contribution >= 4 is 34.5 Å². The Kier molecular flexibility index (Phi) is 5.68. The second kappa shape index (κ2) is 7.95. The van der Waals surface area contributed by atoms with E-state index in [9.17, 15) is 0 Å². The molecular weight excluding hydrogens is 381 g/mol. The number of benzene rings is 2. The van der Waals surface area contributed by atoms with Crippen LogP contribution < -0.4 is 14.2 Å². The fourth-order valence-electron chi connectivity index (χ4n) is 2.21. The number of halogens is 2. The molecule has 0 aliphatic rings. The molecule has 3 aromatic rings. The molecular formula is C18H15Cl2NO3S. The molecule has 0 aliphatic carbocycles. The lowest BCUT2D eigenvalue weighted by Gasteiger charge is -2.08. The van der Waals surface area contributed by atoms with E-state index < -0.39 is 0 Å². The normalized spacial score (nSPS) is 10.6. The van der Waals surface area contributed by atoms with E-state index in [1.807, 2.05) is 23.6 Å². The molecule has 0 saturated heterocycles. The zero-order valence-corrected chi connectivity index (χ0v) is 15.9. The molecule has 0 bridgehead atoms. The molecule has 1 heterocycles. The maximum Gasteiger partial charge on any atom is 0.161 e. The first-order valence-electron chi connectivity index (χ1n) is 7.35. The summed E-state index contributed by atoms with van der Waals surface area (Å²) < 4.78 is 16.3. The van der Waals surface area contributed by atoms with E-state index in [1.165, 1.54) is 11.3 Å². The van der Waals surface area contributed by atoms with Gasteiger partial charge in [0.25, 0.3) is 0 Å². The largest absolute Gasteiger partial charge is 0.493 e. The van der Waals surface area contributed by atoms with Gasteiger partial charge in [-0.15, -0.1) is 11.3 Å². The number of nitrogens with zero attached hydrogens (tertiary/aromatic N) is 1. The Morgan fingerprint density at radius 2 is 1.76 bits per heavy atom. The molecule has 0 spiro atoms. The van der Waals surface area contributed by atoms with Crippen LogP contribution in [0.3, 0.4) is 0 Å². The summed E-state index contributed by atoms with van der Waals surface area (Å²) in [6.07, 6.45) is 0. The van der Waals surface area contributed by atoms with E-state index in [-0.39, 0.29) is 0 Å². The summed E-state index contributed by atoms with van der Waals surface area (Å²) in [7, 11) is 3.22. The molecule has 0 radical (unpaired) electrons. The van der Waals surface area contributed by atoms with Crippen LogP contribution in [0.25, 0.3) is 10.6 Å². The standard InChI is InChI=1S/C18H15Cl2NO3S/c1-22-15-6-3-11(7-17(15)23-2)18-21-13(10-25-18)9-24-16-8-12(19)4-5-14(16)20/h3-8,10H,9H2,1-2H3. The summed E-state index contributed by atoms with van der Waals surface area (Å²) in [6.45, 7) is 0.309. The molecule has 4 nitrogen and oxygen atoms in total. The Hall–Kier alpha value is -1.95. The fraction of sp³-hybridized carbons (Fsp3) is 0.167. The van der Waals surface area contributed by atoms with E-state index in [1.54, 1.807) is 32.4 Å². The summed E-state index contributed by atoms with van der Waals surface area (Å²) in [4.78, 5) is 4.60. The average Bonchev–Trinajstić information content (AvgIpc) is 3.11. The molecule has 0 unspecified atom stereocenters. The zero-order valence-electron chi connectivity index (χ0n) is 13.6. The van der Waals surface area contributed by atoms with Crippen molar-refractivity contribution in [3.8, 4) is 27.8 Å². The smallest absolute Gasteiger partial charge is 0.161 e. The third-order valence-electron chi connectivity index (χ3n) is 3.45. The van der Waals surface area contributed by atoms with Crippen LogP contribution in [0.4, 0.5) is 0 Å². The van der Waals surface area contributed by atoms with Crippen LogP contribution >= 0.6 is 34.5 Å². The van der Waals surface area contributed by atoms with E-state index in [2.05, 4.69) is 4.98 Å². The molecule has 0 saturated carbocycles. The maximum atomic E-state index is 6.10. The molecule has 2 aromatic carbocycles. The van der Waals surface area contributed by atoms with Crippen LogP contribution in [0.1, 0.15) is 5.69 Å². The van der Waals surface area contributed by atoms with Gasteiger partial charge >= 0.3 is 0 Å². The Bertz CT molecular complexity index is 883. The van der Waals surface area contributed by atoms with Crippen molar-refractivity contribution in [2.75, 3.05) is 14.2 Å². The minimum Gasteiger partial charge on any atom is -0.493 e. The summed E-state index contributed by atoms with van der Waals surface area (Å²) >= 11 is 13.6. The van der Waals surface area contributed by atoms with E-state index >= 15 is 0 Å². The number of methoxy groups -OCH3 is 2. The van der Waals surface area contributed by atoms with Gasteiger partial charge in [0.2, 0.25) is 0 Å². The average molecular weight is 396 g/mol. The van der Waals surface area contributed by atoms with Crippen LogP contribution in [-0.4, -0.2) is 19.2 Å². The van der Waals surface area contributed by atoms with E-state index in [0.29, 0.717) is 33.9 Å². The SMILES string of the molecule is COc1ccc(-c2nc(COc3cc(Cl)ccc3Cl)cs2)cc1OC. The molecule has 0 N–H and O–H groups in total. The highest BCUT2D eigenvalue weighted by Gasteiger charge is 2.10. The van der Waals surface area contributed by atoms with Crippen molar-refractivity contribution in [2.24, 2.45) is 0 Å². The molecule has 130 valence electrons. The maximum absolute atomic E-state index is 6.10. The molecule has 7 heteroatoms. The molecule has 0 aliphatic heterocycles. The Morgan fingerprint density at radius 3 is 2.52 bits per heavy atom. The summed E-state index contributed by atoms with van der Waals surface area (Å²) in [6, 6.07) is 10.8. The number of aromatic nitrogens is 1. The molecule has 1 aromatic heterocycles. The van der Waals surface area contributed by atoms with Gasteiger partial charge in [-0.25, -0.2) is 4.98 Å². The van der Waals surface area contributed by atoms with Gasteiger partial charge in [-0.2, -0.15) is 0 Å². The second-order valence-electron chi connectivity index (χ2n) is 5.08. The van der Waals surface area contributed by atoms with Crippen LogP contribution in [0.5, 0.6) is 17.2 Å². The van der Waals surface area contributed by atoms with Crippen molar-refractivity contribution in [1.29, 1.82) is 0 Å². The third kappa shape index (κ3) is 4.18. The minimum atomic E-state index is 0.309. The van der Waals surface area contributed by atoms with Gasteiger partial charge in [0, 0.05) is 22.0 Å². The highest BCUT2D eigenvalue weighted by atomic mass is 35.5. The van der Waals surface area contributed by atoms with E-state index in [0.717, 1.165) is 16.3 Å². The third-order valence-corrected chi connectivity index (χ3v) is 4.94. The number of rotatable bonds is 6. The van der Waals surface area contributed by atoms with Gasteiger partial charge in [-0.1, -0.05) is 23.2 Å². The highest BCUT2D eigenvalue weighted by molar-refractivity contribution is 7.13. The lowest BCUT2D eigenvalue weighted by molar-refractivity contribution is 0.302. The number of ether oxygens (including phenoxy) is 3. The monoisotopic (exact) mass is 395 g/mol. The zero-order chi connectivity index (χ0) is 17.8. The van der Waals surface area contributed by atoms with Crippen molar-refractivity contribution in [3.05, 3.63) is 57.5 Å². The van der Waals surface area contributed by atoms with Gasteiger partial charge in [-0.05, 0) is 30.3 Å². The van der Waals surface area contributed by atoms with Crippen molar-refractivity contribution in [2.45, 2.75) is 6.61 Å². The summed E-state index contributed by atoms with van der Waals surface area (Å²) in [5, 5.41) is 3.91. The number of hydrogen-bond acceptors (Lipinski definition) is 5. The van der Waals surface area contributed by atoms with Gasteiger partial charge in [0.15, 0.2) is 11.5 Å². The number of thiazole rings is 1. The molecule has 3 rings (SSSR count). The number of hydrogen-bond donors (Lipinski definition) is 0. The Balaban J connectivity index is 1.75. The Labute approximate surface area is 159 Å². The first-order chi connectivity index (χ1) is 12.1. The molecule has 0 atom stereocenters. The Morgan fingerprint density at radius 1 is 0.960 bits per heavy atom. The van der Waals surface area contributed by atoms with Crippen LogP contribution in [0, 0.1) is 0 Å². The van der Waals surface area contributed by atoms with Gasteiger partial charge in [0.1, 0.15) is 17.4 Å². The van der Waals surface area contributed by atoms with Gasteiger partial charge in [-0.3, -0.25) is 0 Å². The van der Waals surface area contributed by atoms with Crippen molar-refractivity contribution < 1.29 is 14.2 Å². The topological polar surface area (TPSA) is 40.6 Å². The van der Waals surface area contributed by atoms with Crippen LogP contribution in [-0.2, 0) is 6.61 Å². The van der Waals surface area contributed by atoms with Gasteiger partial charge in [0.05, 0.1) is 24.9 Å². The highest BCUT2D eigenvalue weighted by Crippen LogP contribution is 2.34. The lowest BCUT2D eigenvalue weighted by atomic mass is 10.2. The predicted molar refractivity (Wildman–Crippen MR) is 101 cm³/mol. The molecule has 0 fully saturated rings. The van der Waals surface area contributed by atoms with E-state index in [4.69, 9.17) is 37.4 Å². The quantitative estimate of drug-likeness (QED) is 0.535. The molecule has 25 heavy (non-hydrogen) atoms. The van der Waals surface area contributed by atoms with Crippen molar-refractivity contribution in [3.63, 3.8) is 0 Å². The van der Waals surface area contributed by atoms with Crippen LogP contribution in [0.15, 0.2) is 41.8 Å². The van der Waals surface area contributed by atoms with Crippen LogP contribution in [0.2, 0.25) is 10.0 Å². The fourth-order valence-corrected chi connectivity index (χ4v) is 3.35. The predicted octanol–water partition coefficient (Wildman–Crippen LogP) is 5.71. The first-order valence-corrected chi connectivity index (χ1v) is 8.99. The summed E-state index contributed by atoms with van der Waals surface area (Å²) in [5.41, 5.74) is 1.76. The minimum absolute atomic E-state index is 0.309. The lowest BCUT2D eigenvalue weighted by Crippen LogP contribution is -1.96. The van der Waals surface area contributed by atoms with Crippen molar-refractivity contribution in [1.82, 2.24) is 4.98 Å². The molecule has 0 amide bonds.